The van der Waals surface area contributed by atoms with Gasteiger partial charge in [-0.1, -0.05) is 39.5 Å². The topological polar surface area (TPSA) is 93.2 Å². The minimum atomic E-state index is -0.543. The van der Waals surface area contributed by atoms with Crippen LogP contribution in [-0.2, 0) is 16.6 Å². The largest absolute Gasteiger partial charge is 0.372 e. The number of ether oxygens (including phenoxy) is 1. The van der Waals surface area contributed by atoms with Crippen molar-refractivity contribution in [3.05, 3.63) is 32.6 Å². The maximum atomic E-state index is 11.5. The van der Waals surface area contributed by atoms with Crippen LogP contribution in [0.5, 0.6) is 0 Å². The number of aryl methyl sites for hydroxylation is 1. The molecular formula is C17H27N3O4. The zero-order chi connectivity index (χ0) is 18.5. The van der Waals surface area contributed by atoms with Crippen molar-refractivity contribution in [3.63, 3.8) is 0 Å². The van der Waals surface area contributed by atoms with Gasteiger partial charge < -0.3 is 14.6 Å². The minimum Gasteiger partial charge on any atom is -0.372 e. The van der Waals surface area contributed by atoms with E-state index in [1.165, 1.54) is 17.8 Å². The summed E-state index contributed by atoms with van der Waals surface area (Å²) < 4.78 is 6.45. The van der Waals surface area contributed by atoms with Crippen molar-refractivity contribution in [1.29, 1.82) is 0 Å². The van der Waals surface area contributed by atoms with Crippen molar-refractivity contribution in [3.8, 4) is 11.8 Å². The fourth-order valence-electron chi connectivity index (χ4n) is 1.47. The summed E-state index contributed by atoms with van der Waals surface area (Å²) in [6.07, 6.45) is 2.26. The molecule has 7 heteroatoms. The molecule has 134 valence electrons. The predicted molar refractivity (Wildman–Crippen MR) is 93.8 cm³/mol. The highest BCUT2D eigenvalue weighted by atomic mass is 16.5. The fraction of sp³-hybridized carbons (Fsp3) is 0.588. The monoisotopic (exact) mass is 337 g/mol. The Morgan fingerprint density at radius 3 is 2.67 bits per heavy atom. The van der Waals surface area contributed by atoms with Crippen LogP contribution in [0.1, 0.15) is 39.7 Å². The Morgan fingerprint density at radius 2 is 2.04 bits per heavy atom. The van der Waals surface area contributed by atoms with Crippen molar-refractivity contribution >= 4 is 5.91 Å². The summed E-state index contributed by atoms with van der Waals surface area (Å²) in [6.45, 7) is 8.81. The number of carbonyl (C=O) groups is 1. The number of carbonyl (C=O) groups excluding carboxylic acids is 1. The van der Waals surface area contributed by atoms with Crippen LogP contribution in [0.15, 0.2) is 15.8 Å². The van der Waals surface area contributed by atoms with E-state index in [0.717, 1.165) is 6.42 Å². The molecule has 24 heavy (non-hydrogen) atoms. The molecule has 0 bridgehead atoms. The highest BCUT2D eigenvalue weighted by Crippen LogP contribution is 1.98. The number of nitrogens with one attached hydrogen (secondary N) is 2. The van der Waals surface area contributed by atoms with Crippen molar-refractivity contribution < 1.29 is 9.53 Å². The van der Waals surface area contributed by atoms with Gasteiger partial charge in [-0.05, 0) is 12.3 Å². The number of nitrogens with zero attached hydrogens (tertiary/aromatic N) is 1. The second-order valence-corrected chi connectivity index (χ2v) is 5.23. The summed E-state index contributed by atoms with van der Waals surface area (Å²) in [4.78, 5) is 36.2. The first-order chi connectivity index (χ1) is 11.4. The van der Waals surface area contributed by atoms with Crippen molar-refractivity contribution in [2.24, 2.45) is 13.0 Å². The molecular weight excluding hydrogens is 310 g/mol. The van der Waals surface area contributed by atoms with E-state index in [1.807, 2.05) is 13.8 Å². The summed E-state index contributed by atoms with van der Waals surface area (Å²) in [6, 6.07) is 0. The lowest BCUT2D eigenvalue weighted by Crippen LogP contribution is -2.29. The Hall–Kier alpha value is -2.33. The molecule has 0 radical (unpaired) electrons. The van der Waals surface area contributed by atoms with E-state index in [2.05, 4.69) is 36.0 Å². The van der Waals surface area contributed by atoms with Crippen molar-refractivity contribution in [2.75, 3.05) is 19.8 Å². The third-order valence-corrected chi connectivity index (χ3v) is 2.78. The van der Waals surface area contributed by atoms with Gasteiger partial charge in [0.25, 0.3) is 5.56 Å². The van der Waals surface area contributed by atoms with Gasteiger partial charge in [0, 0.05) is 19.9 Å². The van der Waals surface area contributed by atoms with E-state index in [1.54, 1.807) is 0 Å². The molecule has 0 fully saturated rings. The van der Waals surface area contributed by atoms with Crippen LogP contribution in [0.2, 0.25) is 0 Å². The lowest BCUT2D eigenvalue weighted by atomic mass is 10.1. The van der Waals surface area contributed by atoms with Crippen LogP contribution in [0.4, 0.5) is 0 Å². The van der Waals surface area contributed by atoms with E-state index in [0.29, 0.717) is 12.5 Å². The Labute approximate surface area is 142 Å². The van der Waals surface area contributed by atoms with E-state index in [-0.39, 0.29) is 24.6 Å². The Morgan fingerprint density at radius 1 is 1.38 bits per heavy atom. The number of aromatic amines is 1. The van der Waals surface area contributed by atoms with Gasteiger partial charge >= 0.3 is 5.69 Å². The standard InChI is InChI=1S/C15H21N3O4.C2H6/c1-11(2)6-8-22-10-13(19)16-7-4-5-12-9-18(3)15(21)17-14(12)20;1-2/h9,11H,6-8,10H2,1-3H3,(H,16,19)(H,17,20,21);1-2H3. The average Bonchev–Trinajstić information content (AvgIpc) is 2.54. The number of amides is 1. The molecule has 0 spiro atoms. The summed E-state index contributed by atoms with van der Waals surface area (Å²) in [5.41, 5.74) is -0.870. The SMILES string of the molecule is CC.CC(C)CCOCC(=O)NCC#Cc1cn(C)c(=O)[nH]c1=O. The lowest BCUT2D eigenvalue weighted by molar-refractivity contribution is -0.125. The van der Waals surface area contributed by atoms with Gasteiger partial charge in [-0.2, -0.15) is 0 Å². The Balaban J connectivity index is 0.00000254. The maximum Gasteiger partial charge on any atom is 0.328 e. The quantitative estimate of drug-likeness (QED) is 0.588. The third-order valence-electron chi connectivity index (χ3n) is 2.78. The van der Waals surface area contributed by atoms with Crippen LogP contribution < -0.4 is 16.6 Å². The number of hydrogen-bond donors (Lipinski definition) is 2. The number of aromatic nitrogens is 2. The van der Waals surface area contributed by atoms with Gasteiger partial charge in [0.2, 0.25) is 5.91 Å². The van der Waals surface area contributed by atoms with E-state index >= 15 is 0 Å². The molecule has 0 aliphatic heterocycles. The van der Waals surface area contributed by atoms with E-state index in [4.69, 9.17) is 4.74 Å². The molecule has 1 heterocycles. The number of hydrogen-bond acceptors (Lipinski definition) is 4. The average molecular weight is 337 g/mol. The second kappa shape index (κ2) is 12.1. The molecule has 0 aromatic carbocycles. The molecule has 7 nitrogen and oxygen atoms in total. The molecule has 0 atom stereocenters. The zero-order valence-electron chi connectivity index (χ0n) is 15.1. The van der Waals surface area contributed by atoms with Gasteiger partial charge in [-0.25, -0.2) is 4.79 Å². The first kappa shape index (κ1) is 21.7. The summed E-state index contributed by atoms with van der Waals surface area (Å²) in [7, 11) is 1.51. The van der Waals surface area contributed by atoms with Crippen LogP contribution in [-0.4, -0.2) is 35.2 Å². The van der Waals surface area contributed by atoms with Crippen LogP contribution >= 0.6 is 0 Å². The van der Waals surface area contributed by atoms with Gasteiger partial charge in [-0.15, -0.1) is 0 Å². The lowest BCUT2D eigenvalue weighted by Gasteiger charge is -2.05. The normalized spacial score (nSPS) is 9.58. The van der Waals surface area contributed by atoms with E-state index in [9.17, 15) is 14.4 Å². The molecule has 1 aromatic heterocycles. The van der Waals surface area contributed by atoms with Crippen LogP contribution in [0.25, 0.3) is 0 Å². The Bertz CT molecular complexity index is 678. The highest BCUT2D eigenvalue weighted by Gasteiger charge is 2.01. The van der Waals surface area contributed by atoms with Gasteiger partial charge in [0.1, 0.15) is 12.2 Å². The van der Waals surface area contributed by atoms with Gasteiger partial charge in [-0.3, -0.25) is 14.6 Å². The molecule has 0 saturated heterocycles. The number of H-pyrrole nitrogens is 1. The molecule has 0 saturated carbocycles. The molecule has 1 rings (SSSR count). The molecule has 0 aliphatic carbocycles. The maximum absolute atomic E-state index is 11.5. The van der Waals surface area contributed by atoms with Crippen molar-refractivity contribution in [1.82, 2.24) is 14.9 Å². The van der Waals surface area contributed by atoms with Crippen molar-refractivity contribution in [2.45, 2.75) is 34.1 Å². The highest BCUT2D eigenvalue weighted by molar-refractivity contribution is 5.77. The fourth-order valence-corrected chi connectivity index (χ4v) is 1.47. The van der Waals surface area contributed by atoms with Gasteiger partial charge in [0.05, 0.1) is 6.54 Å². The molecule has 1 amide bonds. The van der Waals surface area contributed by atoms with Crippen LogP contribution in [0.3, 0.4) is 0 Å². The molecule has 2 N–H and O–H groups in total. The van der Waals surface area contributed by atoms with Crippen LogP contribution in [0, 0.1) is 17.8 Å². The van der Waals surface area contributed by atoms with E-state index < -0.39 is 11.2 Å². The second-order valence-electron chi connectivity index (χ2n) is 5.23. The van der Waals surface area contributed by atoms with Gasteiger partial charge in [0.15, 0.2) is 0 Å². The minimum absolute atomic E-state index is 0.00514. The summed E-state index contributed by atoms with van der Waals surface area (Å²) in [5, 5.41) is 2.57. The molecule has 0 aliphatic rings. The zero-order valence-corrected chi connectivity index (χ0v) is 15.1. The smallest absolute Gasteiger partial charge is 0.328 e. The first-order valence-corrected chi connectivity index (χ1v) is 8.03. The summed E-state index contributed by atoms with van der Waals surface area (Å²) in [5.74, 6) is 5.54. The Kier molecular flexibility index (Phi) is 11.0. The third kappa shape index (κ3) is 8.96. The first-order valence-electron chi connectivity index (χ1n) is 8.03. The predicted octanol–water partition coefficient (Wildman–Crippen LogP) is 0.630. The molecule has 1 aromatic rings. The number of rotatable bonds is 6. The molecule has 0 unspecified atom stereocenters. The summed E-state index contributed by atoms with van der Waals surface area (Å²) >= 11 is 0.